The highest BCUT2D eigenvalue weighted by Gasteiger charge is 2.22. The number of ether oxygens (including phenoxy) is 2. The Hall–Kier alpha value is -2.49. The SMILES string of the molecule is COc1cccc(OC)c1C(=O)N[C@H](CC(C)C)c1ccccc1. The van der Waals surface area contributed by atoms with Crippen LogP contribution in [0.4, 0.5) is 0 Å². The summed E-state index contributed by atoms with van der Waals surface area (Å²) in [5, 5.41) is 3.13. The molecule has 2 rings (SSSR count). The van der Waals surface area contributed by atoms with Crippen LogP contribution in [0.5, 0.6) is 11.5 Å². The van der Waals surface area contributed by atoms with E-state index in [0.717, 1.165) is 12.0 Å². The number of hydrogen-bond acceptors (Lipinski definition) is 3. The van der Waals surface area contributed by atoms with Crippen LogP contribution in [-0.2, 0) is 0 Å². The molecule has 1 atom stereocenters. The Morgan fingerprint density at radius 3 is 2.04 bits per heavy atom. The highest BCUT2D eigenvalue weighted by atomic mass is 16.5. The Kier molecular flexibility index (Phi) is 6.24. The summed E-state index contributed by atoms with van der Waals surface area (Å²) in [7, 11) is 3.10. The first-order valence-corrected chi connectivity index (χ1v) is 8.13. The molecule has 0 spiro atoms. The van der Waals surface area contributed by atoms with Crippen LogP contribution in [0.1, 0.15) is 42.2 Å². The van der Waals surface area contributed by atoms with Crippen LogP contribution < -0.4 is 14.8 Å². The van der Waals surface area contributed by atoms with Gasteiger partial charge in [0.25, 0.3) is 5.91 Å². The lowest BCUT2D eigenvalue weighted by atomic mass is 9.96. The van der Waals surface area contributed by atoms with E-state index in [4.69, 9.17) is 9.47 Å². The largest absolute Gasteiger partial charge is 0.496 e. The van der Waals surface area contributed by atoms with Crippen LogP contribution in [0.25, 0.3) is 0 Å². The molecule has 4 nitrogen and oxygen atoms in total. The average Bonchev–Trinajstić information content (AvgIpc) is 2.60. The minimum atomic E-state index is -0.196. The van der Waals surface area contributed by atoms with Gasteiger partial charge in [0, 0.05) is 0 Å². The minimum Gasteiger partial charge on any atom is -0.496 e. The lowest BCUT2D eigenvalue weighted by molar-refractivity contribution is 0.0925. The summed E-state index contributed by atoms with van der Waals surface area (Å²) in [5.74, 6) is 1.26. The van der Waals surface area contributed by atoms with E-state index in [9.17, 15) is 4.79 Å². The third kappa shape index (κ3) is 4.28. The molecule has 24 heavy (non-hydrogen) atoms. The Labute approximate surface area is 143 Å². The van der Waals surface area contributed by atoms with Crippen LogP contribution in [0, 0.1) is 5.92 Å². The van der Waals surface area contributed by atoms with Gasteiger partial charge in [0.15, 0.2) is 0 Å². The van der Waals surface area contributed by atoms with Crippen molar-refractivity contribution in [2.45, 2.75) is 26.3 Å². The fourth-order valence-corrected chi connectivity index (χ4v) is 2.74. The van der Waals surface area contributed by atoms with E-state index in [-0.39, 0.29) is 11.9 Å². The van der Waals surface area contributed by atoms with Gasteiger partial charge in [0.1, 0.15) is 17.1 Å². The maximum absolute atomic E-state index is 12.9. The molecule has 0 aromatic heterocycles. The first-order valence-electron chi connectivity index (χ1n) is 8.13. The summed E-state index contributed by atoms with van der Waals surface area (Å²) in [6.07, 6.45) is 0.854. The first-order chi connectivity index (χ1) is 11.6. The molecule has 128 valence electrons. The molecule has 1 N–H and O–H groups in total. The third-order valence-corrected chi connectivity index (χ3v) is 3.87. The molecule has 0 heterocycles. The van der Waals surface area contributed by atoms with Gasteiger partial charge >= 0.3 is 0 Å². The maximum atomic E-state index is 12.9. The lowest BCUT2D eigenvalue weighted by Gasteiger charge is -2.22. The molecule has 0 bridgehead atoms. The molecule has 0 aliphatic heterocycles. The Morgan fingerprint density at radius 1 is 0.958 bits per heavy atom. The second-order valence-electron chi connectivity index (χ2n) is 6.10. The number of carbonyl (C=O) groups is 1. The zero-order valence-electron chi connectivity index (χ0n) is 14.7. The molecule has 0 saturated heterocycles. The smallest absolute Gasteiger partial charge is 0.259 e. The summed E-state index contributed by atoms with van der Waals surface area (Å²) in [4.78, 5) is 12.9. The summed E-state index contributed by atoms with van der Waals surface area (Å²) in [6, 6.07) is 15.3. The number of rotatable bonds is 7. The van der Waals surface area contributed by atoms with E-state index in [0.29, 0.717) is 23.0 Å². The molecule has 2 aromatic carbocycles. The maximum Gasteiger partial charge on any atom is 0.259 e. The predicted octanol–water partition coefficient (Wildman–Crippen LogP) is 4.22. The van der Waals surface area contributed by atoms with Gasteiger partial charge < -0.3 is 14.8 Å². The molecule has 0 aliphatic carbocycles. The lowest BCUT2D eigenvalue weighted by Crippen LogP contribution is -2.30. The average molecular weight is 327 g/mol. The molecule has 4 heteroatoms. The fraction of sp³-hybridized carbons (Fsp3) is 0.350. The quantitative estimate of drug-likeness (QED) is 0.828. The van der Waals surface area contributed by atoms with Gasteiger partial charge in [-0.3, -0.25) is 4.79 Å². The number of benzene rings is 2. The molecular formula is C20H25NO3. The number of carbonyl (C=O) groups excluding carboxylic acids is 1. The minimum absolute atomic E-state index is 0.0617. The number of nitrogens with one attached hydrogen (secondary N) is 1. The van der Waals surface area contributed by atoms with Crippen LogP contribution in [0.2, 0.25) is 0 Å². The van der Waals surface area contributed by atoms with Crippen molar-refractivity contribution in [1.29, 1.82) is 0 Å². The summed E-state index contributed by atoms with van der Waals surface area (Å²) >= 11 is 0. The Bertz CT molecular complexity index is 646. The second-order valence-corrected chi connectivity index (χ2v) is 6.10. The molecule has 0 unspecified atom stereocenters. The second kappa shape index (κ2) is 8.39. The van der Waals surface area contributed by atoms with Gasteiger partial charge in [-0.15, -0.1) is 0 Å². The van der Waals surface area contributed by atoms with E-state index in [1.807, 2.05) is 30.3 Å². The van der Waals surface area contributed by atoms with E-state index < -0.39 is 0 Å². The monoisotopic (exact) mass is 327 g/mol. The topological polar surface area (TPSA) is 47.6 Å². The van der Waals surface area contributed by atoms with E-state index >= 15 is 0 Å². The van der Waals surface area contributed by atoms with Crippen LogP contribution in [0.3, 0.4) is 0 Å². The van der Waals surface area contributed by atoms with Crippen LogP contribution >= 0.6 is 0 Å². The predicted molar refractivity (Wildman–Crippen MR) is 95.7 cm³/mol. The van der Waals surface area contributed by atoms with Crippen molar-refractivity contribution in [3.8, 4) is 11.5 Å². The standard InChI is InChI=1S/C20H25NO3/c1-14(2)13-16(15-9-6-5-7-10-15)21-20(22)19-17(23-3)11-8-12-18(19)24-4/h5-12,14,16H,13H2,1-4H3,(H,21,22)/t16-/m1/s1. The number of amides is 1. The van der Waals surface area contributed by atoms with Gasteiger partial charge in [-0.05, 0) is 30.0 Å². The molecule has 0 saturated carbocycles. The van der Waals surface area contributed by atoms with E-state index in [1.165, 1.54) is 0 Å². The van der Waals surface area contributed by atoms with Crippen molar-refractivity contribution in [2.24, 2.45) is 5.92 Å². The Balaban J connectivity index is 2.31. The highest BCUT2D eigenvalue weighted by Crippen LogP contribution is 2.29. The first kappa shape index (κ1) is 17.9. The zero-order chi connectivity index (χ0) is 17.5. The van der Waals surface area contributed by atoms with Crippen molar-refractivity contribution in [3.63, 3.8) is 0 Å². The van der Waals surface area contributed by atoms with Gasteiger partial charge in [-0.25, -0.2) is 0 Å². The Morgan fingerprint density at radius 2 is 1.54 bits per heavy atom. The van der Waals surface area contributed by atoms with Gasteiger partial charge in [-0.1, -0.05) is 50.2 Å². The van der Waals surface area contributed by atoms with Crippen molar-refractivity contribution in [1.82, 2.24) is 5.32 Å². The summed E-state index contributed by atoms with van der Waals surface area (Å²) in [6.45, 7) is 4.29. The van der Waals surface area contributed by atoms with Crippen molar-refractivity contribution in [2.75, 3.05) is 14.2 Å². The molecule has 0 radical (unpaired) electrons. The van der Waals surface area contributed by atoms with Gasteiger partial charge in [0.05, 0.1) is 20.3 Å². The fourth-order valence-electron chi connectivity index (χ4n) is 2.74. The van der Waals surface area contributed by atoms with Gasteiger partial charge in [-0.2, -0.15) is 0 Å². The van der Waals surface area contributed by atoms with E-state index in [1.54, 1.807) is 32.4 Å². The third-order valence-electron chi connectivity index (χ3n) is 3.87. The molecule has 2 aromatic rings. The van der Waals surface area contributed by atoms with Crippen LogP contribution in [0.15, 0.2) is 48.5 Å². The normalized spacial score (nSPS) is 11.9. The highest BCUT2D eigenvalue weighted by molar-refractivity contribution is 6.00. The molecule has 1 amide bonds. The number of methoxy groups -OCH3 is 2. The molecular weight excluding hydrogens is 302 g/mol. The zero-order valence-corrected chi connectivity index (χ0v) is 14.7. The van der Waals surface area contributed by atoms with Crippen LogP contribution in [-0.4, -0.2) is 20.1 Å². The van der Waals surface area contributed by atoms with Crippen molar-refractivity contribution >= 4 is 5.91 Å². The van der Waals surface area contributed by atoms with E-state index in [2.05, 4.69) is 19.2 Å². The van der Waals surface area contributed by atoms with Crippen molar-refractivity contribution in [3.05, 3.63) is 59.7 Å². The molecule has 0 aliphatic rings. The number of hydrogen-bond donors (Lipinski definition) is 1. The summed E-state index contributed by atoms with van der Waals surface area (Å²) in [5.41, 5.74) is 1.51. The summed E-state index contributed by atoms with van der Waals surface area (Å²) < 4.78 is 10.7. The van der Waals surface area contributed by atoms with Crippen molar-refractivity contribution < 1.29 is 14.3 Å². The van der Waals surface area contributed by atoms with Gasteiger partial charge in [0.2, 0.25) is 0 Å². The molecule has 0 fully saturated rings.